The smallest absolute Gasteiger partial charge is 0.254 e. The summed E-state index contributed by atoms with van der Waals surface area (Å²) in [6.45, 7) is 2.14. The van der Waals surface area contributed by atoms with E-state index in [2.05, 4.69) is 37.8 Å². The fourth-order valence-electron chi connectivity index (χ4n) is 4.50. The molecular weight excluding hydrogens is 500 g/mol. The van der Waals surface area contributed by atoms with Crippen LogP contribution in [-0.4, -0.2) is 46.1 Å². The predicted molar refractivity (Wildman–Crippen MR) is 119 cm³/mol. The van der Waals surface area contributed by atoms with Gasteiger partial charge < -0.3 is 14.5 Å². The van der Waals surface area contributed by atoms with Crippen LogP contribution < -0.4 is 10.1 Å². The second-order valence-electron chi connectivity index (χ2n) is 7.76. The molecule has 8 heteroatoms. The Labute approximate surface area is 186 Å². The molecule has 3 saturated heterocycles. The number of halogens is 2. The second kappa shape index (κ2) is 7.81. The van der Waals surface area contributed by atoms with Crippen LogP contribution in [0.3, 0.4) is 0 Å². The van der Waals surface area contributed by atoms with Crippen molar-refractivity contribution in [1.82, 2.24) is 15.2 Å². The molecule has 6 nitrogen and oxygen atoms in total. The maximum atomic E-state index is 14.3. The van der Waals surface area contributed by atoms with Crippen LogP contribution in [0.5, 0.6) is 5.75 Å². The summed E-state index contributed by atoms with van der Waals surface area (Å²) in [4.78, 5) is 20.1. The number of methoxy groups -OCH3 is 1. The van der Waals surface area contributed by atoms with Crippen LogP contribution in [0, 0.1) is 11.7 Å². The SMILES string of the molecule is COc1ccccc1-c1nc2c(C(=O)NC3C4CCN(CC4)C3I)cc(F)cc2o1. The lowest BCUT2D eigenvalue weighted by molar-refractivity contribution is 0.0554. The van der Waals surface area contributed by atoms with Gasteiger partial charge in [-0.1, -0.05) is 34.7 Å². The van der Waals surface area contributed by atoms with Gasteiger partial charge in [-0.25, -0.2) is 9.37 Å². The summed E-state index contributed by atoms with van der Waals surface area (Å²) in [5.41, 5.74) is 1.42. The van der Waals surface area contributed by atoms with E-state index in [1.807, 2.05) is 18.2 Å². The number of ether oxygens (including phenoxy) is 1. The van der Waals surface area contributed by atoms with E-state index in [0.29, 0.717) is 22.7 Å². The zero-order chi connectivity index (χ0) is 20.8. The summed E-state index contributed by atoms with van der Waals surface area (Å²) >= 11 is 2.40. The van der Waals surface area contributed by atoms with E-state index in [4.69, 9.17) is 9.15 Å². The predicted octanol–water partition coefficient (Wildman–Crippen LogP) is 4.23. The number of piperidine rings is 3. The highest BCUT2D eigenvalue weighted by Crippen LogP contribution is 2.36. The number of nitrogens with zero attached hydrogens (tertiary/aromatic N) is 2. The molecule has 3 aliphatic heterocycles. The maximum absolute atomic E-state index is 14.3. The van der Waals surface area contributed by atoms with Crippen LogP contribution in [0.1, 0.15) is 23.2 Å². The Morgan fingerprint density at radius 1 is 1.30 bits per heavy atom. The average molecular weight is 521 g/mol. The molecule has 1 aromatic heterocycles. The number of oxazole rings is 1. The molecule has 0 spiro atoms. The van der Waals surface area contributed by atoms with E-state index >= 15 is 0 Å². The van der Waals surface area contributed by atoms with Gasteiger partial charge in [-0.05, 0) is 50.0 Å². The lowest BCUT2D eigenvalue weighted by Crippen LogP contribution is -2.61. The molecule has 3 aromatic rings. The number of fused-ring (bicyclic) bond motifs is 4. The Kier molecular flexibility index (Phi) is 5.14. The molecule has 1 amide bonds. The minimum absolute atomic E-state index is 0.0412. The summed E-state index contributed by atoms with van der Waals surface area (Å²) in [5, 5.41) is 3.15. The van der Waals surface area contributed by atoms with E-state index in [1.54, 1.807) is 13.2 Å². The van der Waals surface area contributed by atoms with Crippen LogP contribution in [0.4, 0.5) is 4.39 Å². The van der Waals surface area contributed by atoms with Gasteiger partial charge in [0, 0.05) is 6.07 Å². The Morgan fingerprint density at radius 3 is 2.80 bits per heavy atom. The van der Waals surface area contributed by atoms with Crippen molar-refractivity contribution >= 4 is 39.6 Å². The van der Waals surface area contributed by atoms with Gasteiger partial charge in [-0.15, -0.1) is 0 Å². The highest BCUT2D eigenvalue weighted by Gasteiger charge is 2.41. The number of carbonyl (C=O) groups excluding carboxylic acids is 1. The number of benzene rings is 2. The number of nitrogens with one attached hydrogen (secondary N) is 1. The molecule has 3 fully saturated rings. The van der Waals surface area contributed by atoms with Crippen molar-refractivity contribution in [1.29, 1.82) is 0 Å². The van der Waals surface area contributed by atoms with Gasteiger partial charge in [0.05, 0.1) is 28.3 Å². The van der Waals surface area contributed by atoms with Gasteiger partial charge in [-0.3, -0.25) is 9.69 Å². The van der Waals surface area contributed by atoms with E-state index in [-0.39, 0.29) is 33.0 Å². The normalized spacial score (nSPS) is 25.4. The molecule has 3 aliphatic rings. The first-order valence-electron chi connectivity index (χ1n) is 9.97. The van der Waals surface area contributed by atoms with Crippen molar-refractivity contribution in [3.05, 3.63) is 47.8 Å². The monoisotopic (exact) mass is 521 g/mol. The van der Waals surface area contributed by atoms with E-state index in [9.17, 15) is 9.18 Å². The first kappa shape index (κ1) is 19.7. The van der Waals surface area contributed by atoms with Crippen molar-refractivity contribution < 1.29 is 18.3 Å². The standard InChI is InChI=1S/C22H21FIN3O3/c1-29-16-5-3-2-4-14(16)22-26-19-15(10-13(23)11-17(19)30-22)21(28)25-18-12-6-8-27(9-7-12)20(18)24/h2-5,10-12,18,20H,6-9H2,1H3,(H,25,28). The molecule has 1 N–H and O–H groups in total. The van der Waals surface area contributed by atoms with Crippen LogP contribution in [0.2, 0.25) is 0 Å². The third-order valence-electron chi connectivity index (χ3n) is 6.07. The number of hydrogen-bond donors (Lipinski definition) is 1. The maximum Gasteiger partial charge on any atom is 0.254 e. The molecule has 2 aromatic carbocycles. The fourth-order valence-corrected chi connectivity index (χ4v) is 5.82. The number of carbonyl (C=O) groups is 1. The molecule has 2 atom stereocenters. The summed E-state index contributed by atoms with van der Waals surface area (Å²) in [5.74, 6) is 0.480. The van der Waals surface area contributed by atoms with Crippen LogP contribution in [-0.2, 0) is 0 Å². The Bertz CT molecular complexity index is 1110. The number of amides is 1. The van der Waals surface area contributed by atoms with Crippen molar-refractivity contribution in [2.24, 2.45) is 5.92 Å². The number of aromatic nitrogens is 1. The lowest BCUT2D eigenvalue weighted by Gasteiger charge is -2.48. The molecule has 0 saturated carbocycles. The molecule has 6 rings (SSSR count). The van der Waals surface area contributed by atoms with Crippen molar-refractivity contribution in [2.45, 2.75) is 22.9 Å². The van der Waals surface area contributed by atoms with Crippen molar-refractivity contribution in [3.63, 3.8) is 0 Å². The second-order valence-corrected chi connectivity index (χ2v) is 9.04. The zero-order valence-electron chi connectivity index (χ0n) is 16.4. The molecule has 156 valence electrons. The zero-order valence-corrected chi connectivity index (χ0v) is 18.6. The van der Waals surface area contributed by atoms with E-state index in [1.165, 1.54) is 12.1 Å². The van der Waals surface area contributed by atoms with Gasteiger partial charge in [-0.2, -0.15) is 0 Å². The van der Waals surface area contributed by atoms with Crippen molar-refractivity contribution in [3.8, 4) is 17.2 Å². The summed E-state index contributed by atoms with van der Waals surface area (Å²) in [7, 11) is 1.56. The van der Waals surface area contributed by atoms with Crippen molar-refractivity contribution in [2.75, 3.05) is 20.2 Å². The third-order valence-corrected chi connectivity index (χ3v) is 7.63. The first-order chi connectivity index (χ1) is 14.5. The lowest BCUT2D eigenvalue weighted by atomic mass is 9.84. The third kappa shape index (κ3) is 3.35. The number of rotatable bonds is 4. The molecule has 2 unspecified atom stereocenters. The van der Waals surface area contributed by atoms with Gasteiger partial charge in [0.25, 0.3) is 5.91 Å². The first-order valence-corrected chi connectivity index (χ1v) is 11.2. The Balaban J connectivity index is 1.51. The van der Waals surface area contributed by atoms with Gasteiger partial charge in [0.1, 0.15) is 17.1 Å². The highest BCUT2D eigenvalue weighted by atomic mass is 127. The summed E-state index contributed by atoms with van der Waals surface area (Å²) < 4.78 is 25.7. The van der Waals surface area contributed by atoms with E-state index < -0.39 is 5.82 Å². The topological polar surface area (TPSA) is 67.6 Å². The minimum atomic E-state index is -0.532. The van der Waals surface area contributed by atoms with Crippen LogP contribution >= 0.6 is 22.6 Å². The fraction of sp³-hybridized carbons (Fsp3) is 0.364. The number of alkyl halides is 1. The number of hydrogen-bond acceptors (Lipinski definition) is 5. The number of para-hydroxylation sites is 1. The van der Waals surface area contributed by atoms with Gasteiger partial charge in [0.15, 0.2) is 5.58 Å². The van der Waals surface area contributed by atoms with Crippen LogP contribution in [0.25, 0.3) is 22.6 Å². The minimum Gasteiger partial charge on any atom is -0.496 e. The summed E-state index contributed by atoms with van der Waals surface area (Å²) in [6, 6.07) is 9.83. The molecule has 2 bridgehead atoms. The quantitative estimate of drug-likeness (QED) is 0.317. The molecule has 4 heterocycles. The van der Waals surface area contributed by atoms with E-state index in [0.717, 1.165) is 25.9 Å². The molecule has 0 aliphatic carbocycles. The van der Waals surface area contributed by atoms with Gasteiger partial charge in [0.2, 0.25) is 5.89 Å². The largest absolute Gasteiger partial charge is 0.496 e. The molecular formula is C22H21FIN3O3. The highest BCUT2D eigenvalue weighted by molar-refractivity contribution is 14.1. The molecule has 0 radical (unpaired) electrons. The van der Waals surface area contributed by atoms with Gasteiger partial charge >= 0.3 is 0 Å². The average Bonchev–Trinajstić information content (AvgIpc) is 3.19. The van der Waals surface area contributed by atoms with Crippen LogP contribution in [0.15, 0.2) is 40.8 Å². The summed E-state index contributed by atoms with van der Waals surface area (Å²) in [6.07, 6.45) is 2.15. The Morgan fingerprint density at radius 2 is 2.07 bits per heavy atom. The Hall–Kier alpha value is -2.20. The molecule has 30 heavy (non-hydrogen) atoms.